The molecule has 0 spiro atoms. The molecule has 11 heteroatoms. The maximum atomic E-state index is 13.2. The smallest absolute Gasteiger partial charge is 0.254 e. The second kappa shape index (κ2) is 9.48. The van der Waals surface area contributed by atoms with E-state index in [-0.39, 0.29) is 34.5 Å². The Morgan fingerprint density at radius 2 is 1.71 bits per heavy atom. The fourth-order valence-corrected chi connectivity index (χ4v) is 8.38. The third-order valence-corrected chi connectivity index (χ3v) is 9.95. The molecule has 2 atom stereocenters. The van der Waals surface area contributed by atoms with Crippen molar-refractivity contribution in [3.05, 3.63) is 58.6 Å². The van der Waals surface area contributed by atoms with Crippen molar-refractivity contribution in [3.63, 3.8) is 0 Å². The Morgan fingerprint density at radius 1 is 1.03 bits per heavy atom. The number of benzene rings is 2. The van der Waals surface area contributed by atoms with E-state index in [0.29, 0.717) is 53.2 Å². The second-order valence-corrected chi connectivity index (χ2v) is 12.7. The average Bonchev–Trinajstić information content (AvgIpc) is 3.32. The molecule has 2 fully saturated rings. The van der Waals surface area contributed by atoms with E-state index in [4.69, 9.17) is 11.6 Å². The van der Waals surface area contributed by atoms with Gasteiger partial charge in [0.2, 0.25) is 0 Å². The molecule has 3 aliphatic rings. The number of piperazine rings is 1. The fourth-order valence-electron chi connectivity index (χ4n) is 4.54. The number of nitrogens with zero attached hydrogens (tertiary/aromatic N) is 3. The maximum absolute atomic E-state index is 13.2. The van der Waals surface area contributed by atoms with E-state index in [1.807, 2.05) is 29.2 Å². The molecule has 1 N–H and O–H groups in total. The minimum absolute atomic E-state index is 0.0400. The fraction of sp³-hybridized carbons (Fsp3) is 0.375. The number of hydrogen-bond donors (Lipinski definition) is 1. The van der Waals surface area contributed by atoms with Crippen LogP contribution in [0, 0.1) is 0 Å². The molecule has 2 saturated heterocycles. The topological polar surface area (TPSA) is 99.2 Å². The van der Waals surface area contributed by atoms with E-state index in [1.165, 1.54) is 11.8 Å². The van der Waals surface area contributed by atoms with Crippen LogP contribution in [-0.2, 0) is 9.84 Å². The second-order valence-electron chi connectivity index (χ2n) is 8.94. The van der Waals surface area contributed by atoms with Crippen LogP contribution >= 0.6 is 23.4 Å². The molecule has 3 heterocycles. The molecule has 0 saturated carbocycles. The molecule has 2 aromatic carbocycles. The predicted octanol–water partition coefficient (Wildman–Crippen LogP) is 3.19. The van der Waals surface area contributed by atoms with Crippen LogP contribution in [0.5, 0.6) is 0 Å². The van der Waals surface area contributed by atoms with Crippen LogP contribution in [0.15, 0.2) is 47.5 Å². The first-order valence-corrected chi connectivity index (χ1v) is 14.4. The van der Waals surface area contributed by atoms with Crippen molar-refractivity contribution in [1.29, 1.82) is 0 Å². The molecule has 0 bridgehead atoms. The molecule has 8 nitrogen and oxygen atoms in total. The summed E-state index contributed by atoms with van der Waals surface area (Å²) in [5.74, 6) is 0.184. The number of sulfone groups is 1. The molecule has 2 aromatic rings. The predicted molar refractivity (Wildman–Crippen MR) is 141 cm³/mol. The van der Waals surface area contributed by atoms with Crippen molar-refractivity contribution >= 4 is 61.4 Å². The molecule has 0 aliphatic carbocycles. The summed E-state index contributed by atoms with van der Waals surface area (Å²) in [6.45, 7) is 4.11. The summed E-state index contributed by atoms with van der Waals surface area (Å²) in [5, 5.41) is 4.22. The van der Waals surface area contributed by atoms with Gasteiger partial charge in [0.05, 0.1) is 28.3 Å². The standard InChI is InChI=1S/C24H25ClN4O4S2/c1-15(30)16-2-5-18(6-3-16)28-8-10-29(11-9-28)23(31)17-4-7-19(25)20(12-17)26-24-27-21-13-35(32,33)14-22(21)34-24/h2-7,12,21-22H,8-11,13-14H2,1H3,(H,26,27)/t21-,22+/m0/s1. The van der Waals surface area contributed by atoms with Gasteiger partial charge in [-0.1, -0.05) is 23.4 Å². The van der Waals surface area contributed by atoms with Crippen molar-refractivity contribution < 1.29 is 18.0 Å². The Hall–Kier alpha value is -2.56. The number of carbonyl (C=O) groups excluding carboxylic acids is 2. The number of fused-ring (bicyclic) bond motifs is 1. The van der Waals surface area contributed by atoms with E-state index < -0.39 is 9.84 Å². The van der Waals surface area contributed by atoms with Gasteiger partial charge in [-0.05, 0) is 49.4 Å². The Morgan fingerprint density at radius 3 is 2.37 bits per heavy atom. The summed E-state index contributed by atoms with van der Waals surface area (Å²) >= 11 is 7.78. The van der Waals surface area contributed by atoms with Crippen LogP contribution in [0.4, 0.5) is 11.4 Å². The molecule has 3 aliphatic heterocycles. The van der Waals surface area contributed by atoms with Gasteiger partial charge in [0.1, 0.15) is 0 Å². The van der Waals surface area contributed by atoms with E-state index in [2.05, 4.69) is 15.2 Å². The molecule has 0 unspecified atom stereocenters. The molecular formula is C24H25ClN4O4S2. The van der Waals surface area contributed by atoms with Crippen LogP contribution in [-0.4, -0.2) is 79.2 Å². The monoisotopic (exact) mass is 532 g/mol. The first-order valence-electron chi connectivity index (χ1n) is 11.4. The lowest BCUT2D eigenvalue weighted by Crippen LogP contribution is -2.48. The molecule has 1 amide bonds. The maximum Gasteiger partial charge on any atom is 0.254 e. The molecule has 184 valence electrons. The number of nitrogens with one attached hydrogen (secondary N) is 1. The van der Waals surface area contributed by atoms with E-state index in [1.54, 1.807) is 25.1 Å². The number of anilines is 2. The van der Waals surface area contributed by atoms with Gasteiger partial charge in [-0.2, -0.15) is 0 Å². The zero-order valence-electron chi connectivity index (χ0n) is 19.1. The van der Waals surface area contributed by atoms with Crippen molar-refractivity contribution in [2.45, 2.75) is 18.2 Å². The first kappa shape index (κ1) is 24.1. The largest absolute Gasteiger partial charge is 0.368 e. The highest BCUT2D eigenvalue weighted by atomic mass is 35.5. The Bertz CT molecular complexity index is 1310. The zero-order valence-corrected chi connectivity index (χ0v) is 21.5. The number of amidine groups is 1. The SMILES string of the molecule is CC(=O)c1ccc(N2CCN(C(=O)c3ccc(Cl)c(NC4=N[C@H]5CS(=O)(=O)C[C@H]5S4)c3)CC2)cc1. The lowest BCUT2D eigenvalue weighted by molar-refractivity contribution is 0.0746. The Balaban J connectivity index is 1.22. The van der Waals surface area contributed by atoms with Crippen LogP contribution in [0.25, 0.3) is 0 Å². The van der Waals surface area contributed by atoms with Crippen LogP contribution in [0.2, 0.25) is 5.02 Å². The summed E-state index contributed by atoms with van der Waals surface area (Å²) in [6.07, 6.45) is 0. The number of thioether (sulfide) groups is 1. The molecule has 35 heavy (non-hydrogen) atoms. The number of amides is 1. The van der Waals surface area contributed by atoms with E-state index in [9.17, 15) is 18.0 Å². The van der Waals surface area contributed by atoms with Gasteiger partial charge >= 0.3 is 0 Å². The lowest BCUT2D eigenvalue weighted by Gasteiger charge is -2.36. The number of aliphatic imine (C=N–C) groups is 1. The molecule has 0 radical (unpaired) electrons. The van der Waals surface area contributed by atoms with Gasteiger partial charge in [0.25, 0.3) is 5.91 Å². The Kier molecular flexibility index (Phi) is 6.54. The van der Waals surface area contributed by atoms with Gasteiger partial charge in [-0.25, -0.2) is 8.42 Å². The summed E-state index contributed by atoms with van der Waals surface area (Å²) in [4.78, 5) is 33.2. The molecule has 0 aromatic heterocycles. The number of hydrogen-bond acceptors (Lipinski definition) is 8. The van der Waals surface area contributed by atoms with Gasteiger partial charge in [-0.15, -0.1) is 0 Å². The summed E-state index contributed by atoms with van der Waals surface area (Å²) < 4.78 is 23.6. The van der Waals surface area contributed by atoms with E-state index >= 15 is 0 Å². The Labute approximate surface area is 213 Å². The van der Waals surface area contributed by atoms with Gasteiger partial charge in [-0.3, -0.25) is 14.6 Å². The number of Topliss-reactive ketones (excluding diaryl/α,β-unsaturated/α-hetero) is 1. The third-order valence-electron chi connectivity index (χ3n) is 6.48. The number of halogens is 1. The van der Waals surface area contributed by atoms with Crippen molar-refractivity contribution in [2.24, 2.45) is 4.99 Å². The summed E-state index contributed by atoms with van der Waals surface area (Å²) in [5.41, 5.74) is 2.83. The zero-order chi connectivity index (χ0) is 24.7. The number of rotatable bonds is 4. The highest BCUT2D eigenvalue weighted by molar-refractivity contribution is 8.15. The quantitative estimate of drug-likeness (QED) is 0.604. The third kappa shape index (κ3) is 5.19. The van der Waals surface area contributed by atoms with Crippen LogP contribution in [0.3, 0.4) is 0 Å². The van der Waals surface area contributed by atoms with E-state index in [0.717, 1.165) is 5.69 Å². The minimum atomic E-state index is -3.02. The minimum Gasteiger partial charge on any atom is -0.368 e. The van der Waals surface area contributed by atoms with Crippen LogP contribution in [0.1, 0.15) is 27.6 Å². The number of ketones is 1. The van der Waals surface area contributed by atoms with Crippen molar-refractivity contribution in [1.82, 2.24) is 4.90 Å². The first-order chi connectivity index (χ1) is 16.7. The summed E-state index contributed by atoms with van der Waals surface area (Å²) in [6, 6.07) is 12.4. The number of carbonyl (C=O) groups is 2. The normalized spacial score (nSPS) is 23.1. The van der Waals surface area contributed by atoms with Gasteiger partial charge in [0, 0.05) is 48.2 Å². The van der Waals surface area contributed by atoms with Crippen molar-refractivity contribution in [2.75, 3.05) is 47.9 Å². The highest BCUT2D eigenvalue weighted by Crippen LogP contribution is 2.35. The van der Waals surface area contributed by atoms with Crippen LogP contribution < -0.4 is 10.2 Å². The molecular weight excluding hydrogens is 508 g/mol. The van der Waals surface area contributed by atoms with Gasteiger partial charge in [0.15, 0.2) is 20.8 Å². The lowest BCUT2D eigenvalue weighted by atomic mass is 10.1. The van der Waals surface area contributed by atoms with Gasteiger partial charge < -0.3 is 15.1 Å². The molecule has 5 rings (SSSR count). The van der Waals surface area contributed by atoms with Crippen molar-refractivity contribution in [3.8, 4) is 0 Å². The highest BCUT2D eigenvalue weighted by Gasteiger charge is 2.42. The average molecular weight is 533 g/mol. The summed E-state index contributed by atoms with van der Waals surface area (Å²) in [7, 11) is -3.02.